The monoisotopic (exact) mass is 367 g/mol. The van der Waals surface area contributed by atoms with Gasteiger partial charge in [-0.2, -0.15) is 10.2 Å². The van der Waals surface area contributed by atoms with Crippen LogP contribution in [-0.2, 0) is 6.42 Å². The fourth-order valence-electron chi connectivity index (χ4n) is 1.95. The van der Waals surface area contributed by atoms with Gasteiger partial charge in [0.05, 0.1) is 11.1 Å². The van der Waals surface area contributed by atoms with Crippen LogP contribution >= 0.6 is 27.5 Å². The molecule has 0 saturated heterocycles. The lowest BCUT2D eigenvalue weighted by Gasteiger charge is -2.22. The van der Waals surface area contributed by atoms with Crippen molar-refractivity contribution in [2.24, 2.45) is 5.41 Å². The van der Waals surface area contributed by atoms with Gasteiger partial charge in [0.2, 0.25) is 11.7 Å². The number of halogens is 2. The van der Waals surface area contributed by atoms with Gasteiger partial charge in [-0.25, -0.2) is 0 Å². The van der Waals surface area contributed by atoms with Crippen LogP contribution in [0.5, 0.6) is 0 Å². The quantitative estimate of drug-likeness (QED) is 0.743. The molecule has 0 aliphatic rings. The number of hydrogen-bond donors (Lipinski definition) is 0. The summed E-state index contributed by atoms with van der Waals surface area (Å²) in [6.45, 7) is 4.11. The van der Waals surface area contributed by atoms with Gasteiger partial charge in [0, 0.05) is 22.9 Å². The minimum atomic E-state index is -0.140. The maximum absolute atomic E-state index is 8.92. The minimum absolute atomic E-state index is 0.140. The second-order valence-corrected chi connectivity index (χ2v) is 6.58. The smallest absolute Gasteiger partial charge is 0.227 e. The normalized spacial score (nSPS) is 13.7. The van der Waals surface area contributed by atoms with Crippen LogP contribution in [-0.4, -0.2) is 10.1 Å². The zero-order valence-corrected chi connectivity index (χ0v) is 14.2. The molecular weight excluding hydrogens is 354 g/mol. The van der Waals surface area contributed by atoms with E-state index in [0.717, 1.165) is 16.5 Å². The molecule has 1 aromatic carbocycles. The summed E-state index contributed by atoms with van der Waals surface area (Å²) in [5.74, 6) is 1.08. The van der Waals surface area contributed by atoms with Crippen molar-refractivity contribution >= 4 is 27.5 Å². The van der Waals surface area contributed by atoms with Crippen LogP contribution in [0.3, 0.4) is 0 Å². The van der Waals surface area contributed by atoms with Gasteiger partial charge in [-0.15, -0.1) is 0 Å². The van der Waals surface area contributed by atoms with E-state index in [-0.39, 0.29) is 5.41 Å². The second-order valence-electron chi connectivity index (χ2n) is 5.32. The lowest BCUT2D eigenvalue weighted by atomic mass is 9.81. The first-order valence-corrected chi connectivity index (χ1v) is 7.79. The molecule has 1 heterocycles. The first kappa shape index (κ1) is 16.0. The Bertz CT molecular complexity index is 680. The van der Waals surface area contributed by atoms with Crippen LogP contribution in [0, 0.1) is 16.7 Å². The molecule has 1 unspecified atom stereocenters. The third kappa shape index (κ3) is 3.84. The standard InChI is InChI=1S/C15H15BrClN3O/c1-3-15(2,6-7-18)9-13-19-14(20-21-13)10-4-5-12(17)11(16)8-10/h4-5,8H,3,6,9H2,1-2H3. The molecule has 1 atom stereocenters. The van der Waals surface area contributed by atoms with E-state index in [1.54, 1.807) is 6.07 Å². The number of aromatic nitrogens is 2. The average molecular weight is 369 g/mol. The Morgan fingerprint density at radius 3 is 2.86 bits per heavy atom. The molecule has 2 rings (SSSR count). The summed E-state index contributed by atoms with van der Waals surface area (Å²) in [6, 6.07) is 7.70. The van der Waals surface area contributed by atoms with Crippen molar-refractivity contribution in [2.45, 2.75) is 33.1 Å². The number of hydrogen-bond acceptors (Lipinski definition) is 4. The fourth-order valence-corrected chi connectivity index (χ4v) is 2.44. The summed E-state index contributed by atoms with van der Waals surface area (Å²) < 4.78 is 6.10. The van der Waals surface area contributed by atoms with E-state index in [4.69, 9.17) is 21.4 Å². The summed E-state index contributed by atoms with van der Waals surface area (Å²) in [5, 5.41) is 13.6. The van der Waals surface area contributed by atoms with Crippen molar-refractivity contribution in [3.05, 3.63) is 33.6 Å². The van der Waals surface area contributed by atoms with Crippen molar-refractivity contribution in [3.63, 3.8) is 0 Å². The maximum Gasteiger partial charge on any atom is 0.227 e. The lowest BCUT2D eigenvalue weighted by Crippen LogP contribution is -2.18. The predicted octanol–water partition coefficient (Wildman–Crippen LogP) is 5.02. The van der Waals surface area contributed by atoms with Gasteiger partial charge in [0.1, 0.15) is 0 Å². The van der Waals surface area contributed by atoms with Gasteiger partial charge in [-0.05, 0) is 46.0 Å². The first-order valence-electron chi connectivity index (χ1n) is 6.62. The van der Waals surface area contributed by atoms with Crippen molar-refractivity contribution in [3.8, 4) is 17.5 Å². The molecule has 21 heavy (non-hydrogen) atoms. The van der Waals surface area contributed by atoms with Crippen LogP contribution < -0.4 is 0 Å². The molecule has 0 aliphatic heterocycles. The van der Waals surface area contributed by atoms with Crippen LogP contribution in [0.2, 0.25) is 5.02 Å². The Morgan fingerprint density at radius 1 is 1.48 bits per heavy atom. The van der Waals surface area contributed by atoms with Gasteiger partial charge in [0.15, 0.2) is 0 Å². The third-order valence-electron chi connectivity index (χ3n) is 3.58. The molecule has 2 aromatic rings. The van der Waals surface area contributed by atoms with E-state index in [1.807, 2.05) is 12.1 Å². The van der Waals surface area contributed by atoms with Gasteiger partial charge in [0.25, 0.3) is 0 Å². The Hall–Kier alpha value is -1.38. The zero-order valence-electron chi connectivity index (χ0n) is 11.9. The van der Waals surface area contributed by atoms with E-state index < -0.39 is 0 Å². The maximum atomic E-state index is 8.92. The molecule has 0 aliphatic carbocycles. The summed E-state index contributed by atoms with van der Waals surface area (Å²) in [7, 11) is 0. The lowest BCUT2D eigenvalue weighted by molar-refractivity contribution is 0.266. The summed E-state index contributed by atoms with van der Waals surface area (Å²) >= 11 is 9.35. The average Bonchev–Trinajstić information content (AvgIpc) is 2.90. The van der Waals surface area contributed by atoms with Crippen LogP contribution in [0.4, 0.5) is 0 Å². The van der Waals surface area contributed by atoms with E-state index in [1.165, 1.54) is 0 Å². The van der Waals surface area contributed by atoms with Crippen LogP contribution in [0.1, 0.15) is 32.6 Å². The van der Waals surface area contributed by atoms with E-state index >= 15 is 0 Å². The molecule has 0 fully saturated rings. The molecule has 0 radical (unpaired) electrons. The molecule has 6 heteroatoms. The van der Waals surface area contributed by atoms with Crippen molar-refractivity contribution in [1.29, 1.82) is 5.26 Å². The number of nitrogens with zero attached hydrogens (tertiary/aromatic N) is 3. The van der Waals surface area contributed by atoms with Gasteiger partial charge in [-0.3, -0.25) is 0 Å². The highest BCUT2D eigenvalue weighted by Crippen LogP contribution is 2.31. The summed E-state index contributed by atoms with van der Waals surface area (Å²) in [5.41, 5.74) is 0.693. The van der Waals surface area contributed by atoms with E-state index in [9.17, 15) is 0 Å². The van der Waals surface area contributed by atoms with E-state index in [0.29, 0.717) is 29.6 Å². The molecule has 0 saturated carbocycles. The molecule has 0 N–H and O–H groups in total. The molecule has 0 bridgehead atoms. The Labute approximate surface area is 137 Å². The van der Waals surface area contributed by atoms with Crippen LogP contribution in [0.25, 0.3) is 11.4 Å². The molecule has 0 spiro atoms. The number of benzene rings is 1. The largest absolute Gasteiger partial charge is 0.339 e. The van der Waals surface area contributed by atoms with E-state index in [2.05, 4.69) is 46.0 Å². The number of nitriles is 1. The van der Waals surface area contributed by atoms with Crippen molar-refractivity contribution in [2.75, 3.05) is 0 Å². The summed E-state index contributed by atoms with van der Waals surface area (Å²) in [4.78, 5) is 4.42. The highest BCUT2D eigenvalue weighted by atomic mass is 79.9. The third-order valence-corrected chi connectivity index (χ3v) is 4.80. The molecule has 0 amide bonds. The Morgan fingerprint density at radius 2 is 2.24 bits per heavy atom. The van der Waals surface area contributed by atoms with Gasteiger partial charge < -0.3 is 4.52 Å². The Balaban J connectivity index is 2.22. The van der Waals surface area contributed by atoms with Crippen molar-refractivity contribution < 1.29 is 4.52 Å². The highest BCUT2D eigenvalue weighted by molar-refractivity contribution is 9.10. The Kier molecular flexibility index (Phi) is 5.02. The van der Waals surface area contributed by atoms with Crippen molar-refractivity contribution in [1.82, 2.24) is 10.1 Å². The predicted molar refractivity (Wildman–Crippen MR) is 84.8 cm³/mol. The molecule has 110 valence electrons. The number of rotatable bonds is 5. The SMILES string of the molecule is CCC(C)(CC#N)Cc1nc(-c2ccc(Cl)c(Br)c2)no1. The molecular formula is C15H15BrClN3O. The highest BCUT2D eigenvalue weighted by Gasteiger charge is 2.25. The van der Waals surface area contributed by atoms with Gasteiger partial charge in [-0.1, -0.05) is 30.6 Å². The van der Waals surface area contributed by atoms with Crippen LogP contribution in [0.15, 0.2) is 27.2 Å². The fraction of sp³-hybridized carbons (Fsp3) is 0.400. The zero-order chi connectivity index (χ0) is 15.5. The molecule has 1 aromatic heterocycles. The molecule has 4 nitrogen and oxygen atoms in total. The second kappa shape index (κ2) is 6.59. The topological polar surface area (TPSA) is 62.7 Å². The van der Waals surface area contributed by atoms with Gasteiger partial charge >= 0.3 is 0 Å². The first-order chi connectivity index (χ1) is 9.97. The minimum Gasteiger partial charge on any atom is -0.339 e. The summed E-state index contributed by atoms with van der Waals surface area (Å²) in [6.07, 6.45) is 1.94.